The summed E-state index contributed by atoms with van der Waals surface area (Å²) in [6, 6.07) is 10.1. The molecule has 0 aliphatic carbocycles. The molecule has 19 heavy (non-hydrogen) atoms. The molecule has 2 rings (SSSR count). The second-order valence-corrected chi connectivity index (χ2v) is 5.22. The summed E-state index contributed by atoms with van der Waals surface area (Å²) in [5, 5.41) is 5.54. The first-order valence-corrected chi connectivity index (χ1v) is 7.15. The number of methoxy groups -OCH3 is 2. The molecule has 1 heterocycles. The highest BCUT2D eigenvalue weighted by Gasteiger charge is 2.04. The van der Waals surface area contributed by atoms with Crippen LogP contribution in [-0.2, 0) is 13.0 Å². The van der Waals surface area contributed by atoms with Crippen molar-refractivity contribution in [3.63, 3.8) is 0 Å². The molecular weight excluding hydrogens is 258 g/mol. The molecule has 0 aliphatic rings. The SMILES string of the molecule is COc1ccc(OC)c(CCNCc2cccs2)c1. The van der Waals surface area contributed by atoms with Crippen LogP contribution in [0.5, 0.6) is 11.5 Å². The van der Waals surface area contributed by atoms with Crippen LogP contribution in [0.3, 0.4) is 0 Å². The van der Waals surface area contributed by atoms with Crippen LogP contribution < -0.4 is 14.8 Å². The van der Waals surface area contributed by atoms with Crippen molar-refractivity contribution in [3.05, 3.63) is 46.2 Å². The molecule has 2 aromatic rings. The van der Waals surface area contributed by atoms with Gasteiger partial charge in [0, 0.05) is 11.4 Å². The van der Waals surface area contributed by atoms with Gasteiger partial charge in [-0.2, -0.15) is 0 Å². The maximum absolute atomic E-state index is 5.37. The Labute approximate surface area is 118 Å². The Kier molecular flexibility index (Phi) is 5.24. The van der Waals surface area contributed by atoms with Crippen molar-refractivity contribution >= 4 is 11.3 Å². The van der Waals surface area contributed by atoms with Crippen molar-refractivity contribution in [2.45, 2.75) is 13.0 Å². The molecule has 0 atom stereocenters. The van der Waals surface area contributed by atoms with Crippen LogP contribution in [-0.4, -0.2) is 20.8 Å². The first kappa shape index (κ1) is 13.9. The molecule has 0 bridgehead atoms. The molecule has 3 nitrogen and oxygen atoms in total. The molecule has 0 fully saturated rings. The van der Waals surface area contributed by atoms with E-state index in [9.17, 15) is 0 Å². The number of hydrogen-bond acceptors (Lipinski definition) is 4. The summed E-state index contributed by atoms with van der Waals surface area (Å²) in [6.07, 6.45) is 0.922. The average Bonchev–Trinajstić information content (AvgIpc) is 2.96. The lowest BCUT2D eigenvalue weighted by Crippen LogP contribution is -2.16. The van der Waals surface area contributed by atoms with Gasteiger partial charge in [0.25, 0.3) is 0 Å². The molecule has 0 amide bonds. The third kappa shape index (κ3) is 3.98. The van der Waals surface area contributed by atoms with Gasteiger partial charge in [-0.15, -0.1) is 11.3 Å². The van der Waals surface area contributed by atoms with E-state index >= 15 is 0 Å². The Balaban J connectivity index is 1.87. The number of rotatable bonds is 7. The van der Waals surface area contributed by atoms with E-state index in [1.165, 1.54) is 10.4 Å². The van der Waals surface area contributed by atoms with Gasteiger partial charge in [0.1, 0.15) is 11.5 Å². The first-order valence-electron chi connectivity index (χ1n) is 6.27. The van der Waals surface area contributed by atoms with E-state index in [1.807, 2.05) is 18.2 Å². The van der Waals surface area contributed by atoms with Crippen LogP contribution in [0.4, 0.5) is 0 Å². The molecule has 0 radical (unpaired) electrons. The van der Waals surface area contributed by atoms with Crippen molar-refractivity contribution in [3.8, 4) is 11.5 Å². The summed E-state index contributed by atoms with van der Waals surface area (Å²) in [4.78, 5) is 1.36. The van der Waals surface area contributed by atoms with E-state index in [0.717, 1.165) is 31.0 Å². The van der Waals surface area contributed by atoms with Crippen LogP contribution in [0, 0.1) is 0 Å². The molecule has 0 saturated carbocycles. The highest BCUT2D eigenvalue weighted by molar-refractivity contribution is 7.09. The number of benzene rings is 1. The maximum Gasteiger partial charge on any atom is 0.122 e. The fourth-order valence-electron chi connectivity index (χ4n) is 1.93. The van der Waals surface area contributed by atoms with E-state index < -0.39 is 0 Å². The minimum atomic E-state index is 0.869. The van der Waals surface area contributed by atoms with E-state index in [0.29, 0.717) is 0 Å². The first-order chi connectivity index (χ1) is 9.33. The lowest BCUT2D eigenvalue weighted by Gasteiger charge is -2.10. The van der Waals surface area contributed by atoms with Crippen molar-refractivity contribution in [2.75, 3.05) is 20.8 Å². The Hall–Kier alpha value is -1.52. The van der Waals surface area contributed by atoms with Crippen molar-refractivity contribution in [1.29, 1.82) is 0 Å². The highest BCUT2D eigenvalue weighted by Crippen LogP contribution is 2.24. The lowest BCUT2D eigenvalue weighted by atomic mass is 10.1. The fraction of sp³-hybridized carbons (Fsp3) is 0.333. The van der Waals surface area contributed by atoms with Gasteiger partial charge in [0.15, 0.2) is 0 Å². The summed E-state index contributed by atoms with van der Waals surface area (Å²) < 4.78 is 10.6. The van der Waals surface area contributed by atoms with E-state index in [-0.39, 0.29) is 0 Å². The van der Waals surface area contributed by atoms with Gasteiger partial charge in [0.2, 0.25) is 0 Å². The number of nitrogens with one attached hydrogen (secondary N) is 1. The number of ether oxygens (including phenoxy) is 2. The van der Waals surface area contributed by atoms with Gasteiger partial charge in [-0.25, -0.2) is 0 Å². The van der Waals surface area contributed by atoms with Gasteiger partial charge in [-0.3, -0.25) is 0 Å². The summed E-state index contributed by atoms with van der Waals surface area (Å²) in [6.45, 7) is 1.84. The number of hydrogen-bond donors (Lipinski definition) is 1. The summed E-state index contributed by atoms with van der Waals surface area (Å²) in [5.74, 6) is 1.78. The van der Waals surface area contributed by atoms with Crippen LogP contribution in [0.1, 0.15) is 10.4 Å². The zero-order valence-electron chi connectivity index (χ0n) is 11.3. The minimum Gasteiger partial charge on any atom is -0.497 e. The smallest absolute Gasteiger partial charge is 0.122 e. The molecule has 1 aromatic heterocycles. The Morgan fingerprint density at radius 3 is 2.74 bits per heavy atom. The Morgan fingerprint density at radius 2 is 2.05 bits per heavy atom. The second-order valence-electron chi connectivity index (χ2n) is 4.18. The van der Waals surface area contributed by atoms with Gasteiger partial charge >= 0.3 is 0 Å². The van der Waals surface area contributed by atoms with Gasteiger partial charge in [-0.05, 0) is 48.2 Å². The van der Waals surface area contributed by atoms with Gasteiger partial charge in [0.05, 0.1) is 14.2 Å². The average molecular weight is 277 g/mol. The van der Waals surface area contributed by atoms with Crippen molar-refractivity contribution in [2.24, 2.45) is 0 Å². The molecule has 0 aliphatic heterocycles. The summed E-state index contributed by atoms with van der Waals surface area (Å²) >= 11 is 1.78. The Bertz CT molecular complexity index is 497. The van der Waals surface area contributed by atoms with E-state index in [2.05, 4.69) is 22.8 Å². The molecule has 0 saturated heterocycles. The monoisotopic (exact) mass is 277 g/mol. The van der Waals surface area contributed by atoms with E-state index in [4.69, 9.17) is 9.47 Å². The normalized spacial score (nSPS) is 10.4. The maximum atomic E-state index is 5.37. The third-order valence-corrected chi connectivity index (χ3v) is 3.81. The summed E-state index contributed by atoms with van der Waals surface area (Å²) in [7, 11) is 3.38. The third-order valence-electron chi connectivity index (χ3n) is 2.94. The minimum absolute atomic E-state index is 0.869. The molecular formula is C15H19NO2S. The highest BCUT2D eigenvalue weighted by atomic mass is 32.1. The molecule has 1 N–H and O–H groups in total. The summed E-state index contributed by atoms with van der Waals surface area (Å²) in [5.41, 5.74) is 1.17. The van der Waals surface area contributed by atoms with Crippen LogP contribution in [0.15, 0.2) is 35.7 Å². The largest absolute Gasteiger partial charge is 0.497 e. The van der Waals surface area contributed by atoms with E-state index in [1.54, 1.807) is 25.6 Å². The van der Waals surface area contributed by atoms with Gasteiger partial charge < -0.3 is 14.8 Å². The van der Waals surface area contributed by atoms with Crippen LogP contribution >= 0.6 is 11.3 Å². The topological polar surface area (TPSA) is 30.5 Å². The quantitative estimate of drug-likeness (QED) is 0.789. The predicted molar refractivity (Wildman–Crippen MR) is 79.3 cm³/mol. The molecule has 0 unspecified atom stereocenters. The van der Waals surface area contributed by atoms with Gasteiger partial charge in [-0.1, -0.05) is 6.07 Å². The standard InChI is InChI=1S/C15H19NO2S/c1-17-13-5-6-15(18-2)12(10-13)7-8-16-11-14-4-3-9-19-14/h3-6,9-10,16H,7-8,11H2,1-2H3. The molecule has 0 spiro atoms. The van der Waals surface area contributed by atoms with Crippen LogP contribution in [0.2, 0.25) is 0 Å². The number of thiophene rings is 1. The zero-order valence-corrected chi connectivity index (χ0v) is 12.1. The Morgan fingerprint density at radius 1 is 1.16 bits per heavy atom. The second kappa shape index (κ2) is 7.16. The lowest BCUT2D eigenvalue weighted by molar-refractivity contribution is 0.398. The zero-order chi connectivity index (χ0) is 13.5. The predicted octanol–water partition coefficient (Wildman–Crippen LogP) is 3.10. The molecule has 4 heteroatoms. The van der Waals surface area contributed by atoms with Crippen molar-refractivity contribution in [1.82, 2.24) is 5.32 Å². The molecule has 1 aromatic carbocycles. The fourth-order valence-corrected chi connectivity index (χ4v) is 2.60. The van der Waals surface area contributed by atoms with Crippen molar-refractivity contribution < 1.29 is 9.47 Å². The molecule has 102 valence electrons. The van der Waals surface area contributed by atoms with Crippen LogP contribution in [0.25, 0.3) is 0 Å².